The molecule has 0 radical (unpaired) electrons. The Morgan fingerprint density at radius 3 is 2.41 bits per heavy atom. The first kappa shape index (κ1) is 19.0. The van der Waals surface area contributed by atoms with Gasteiger partial charge in [-0.1, -0.05) is 17.5 Å². The van der Waals surface area contributed by atoms with Crippen LogP contribution in [0.15, 0.2) is 36.5 Å². The number of hydrogen-bond donors (Lipinski definition) is 0. The molecule has 0 unspecified atom stereocenters. The van der Waals surface area contributed by atoms with E-state index >= 15 is 0 Å². The number of aromatic nitrogens is 3. The summed E-state index contributed by atoms with van der Waals surface area (Å²) in [4.78, 5) is 8.34. The van der Waals surface area contributed by atoms with Crippen LogP contribution in [0.25, 0.3) is 5.69 Å². The molecule has 0 aliphatic rings. The Balaban J connectivity index is 2.01. The first-order valence-corrected chi connectivity index (χ1v) is 8.42. The fourth-order valence-corrected chi connectivity index (χ4v) is 3.03. The lowest BCUT2D eigenvalue weighted by atomic mass is 10.1. The number of hydrogen-bond acceptors (Lipinski definition) is 2. The molecule has 0 amide bonds. The standard InChI is InChI=1S/C20H15ClF3N3/c1-12-10-16(5-6-17(12)20(22,23)24)27-13(2)18(26-14(27)3)7-4-15-8-9-25-19(21)11-15/h5-6,8-11H,1-3H3. The third-order valence-corrected chi connectivity index (χ3v) is 4.31. The SMILES string of the molecule is Cc1cc(-n2c(C)nc(C#Cc3ccnc(Cl)c3)c2C)ccc1C(F)(F)F. The second-order valence-corrected chi connectivity index (χ2v) is 6.43. The number of rotatable bonds is 1. The molecule has 0 bridgehead atoms. The van der Waals surface area contributed by atoms with E-state index in [0.717, 1.165) is 11.8 Å². The van der Waals surface area contributed by atoms with Gasteiger partial charge in [0.2, 0.25) is 0 Å². The fraction of sp³-hybridized carbons (Fsp3) is 0.200. The Kier molecular flexibility index (Phi) is 4.99. The van der Waals surface area contributed by atoms with Crippen molar-refractivity contribution in [2.45, 2.75) is 26.9 Å². The molecule has 1 aromatic carbocycles. The van der Waals surface area contributed by atoms with Gasteiger partial charge in [-0.3, -0.25) is 4.57 Å². The normalized spacial score (nSPS) is 11.2. The molecule has 0 saturated heterocycles. The van der Waals surface area contributed by atoms with E-state index in [9.17, 15) is 13.2 Å². The lowest BCUT2D eigenvalue weighted by Gasteiger charge is -2.13. The third kappa shape index (κ3) is 3.99. The summed E-state index contributed by atoms with van der Waals surface area (Å²) < 4.78 is 40.7. The van der Waals surface area contributed by atoms with Gasteiger partial charge in [0.25, 0.3) is 0 Å². The van der Waals surface area contributed by atoms with Gasteiger partial charge in [0.1, 0.15) is 16.7 Å². The second kappa shape index (κ2) is 7.09. The molecule has 0 spiro atoms. The number of alkyl halides is 3. The van der Waals surface area contributed by atoms with Crippen LogP contribution < -0.4 is 0 Å². The van der Waals surface area contributed by atoms with Crippen molar-refractivity contribution in [3.8, 4) is 17.5 Å². The van der Waals surface area contributed by atoms with Crippen molar-refractivity contribution in [3.05, 3.63) is 75.6 Å². The zero-order valence-electron chi connectivity index (χ0n) is 14.8. The van der Waals surface area contributed by atoms with Crippen LogP contribution in [0.3, 0.4) is 0 Å². The van der Waals surface area contributed by atoms with Crippen LogP contribution in [-0.2, 0) is 6.18 Å². The molecule has 138 valence electrons. The predicted octanol–water partition coefficient (Wildman–Crippen LogP) is 5.26. The van der Waals surface area contributed by atoms with Crippen LogP contribution in [0.5, 0.6) is 0 Å². The average Bonchev–Trinajstić information content (AvgIpc) is 2.85. The van der Waals surface area contributed by atoms with Crippen LogP contribution in [0.2, 0.25) is 5.15 Å². The number of imidazole rings is 1. The van der Waals surface area contributed by atoms with Gasteiger partial charge < -0.3 is 0 Å². The first-order chi connectivity index (χ1) is 12.7. The third-order valence-electron chi connectivity index (χ3n) is 4.10. The summed E-state index contributed by atoms with van der Waals surface area (Å²) in [5.41, 5.74) is 2.13. The van der Waals surface area contributed by atoms with Crippen molar-refractivity contribution in [3.63, 3.8) is 0 Å². The summed E-state index contributed by atoms with van der Waals surface area (Å²) in [6.07, 6.45) is -2.81. The Labute approximate surface area is 159 Å². The fourth-order valence-electron chi connectivity index (χ4n) is 2.86. The van der Waals surface area contributed by atoms with Crippen molar-refractivity contribution in [1.82, 2.24) is 14.5 Å². The number of benzene rings is 1. The highest BCUT2D eigenvalue weighted by Gasteiger charge is 2.32. The Morgan fingerprint density at radius 1 is 1.04 bits per heavy atom. The molecule has 2 heterocycles. The molecule has 27 heavy (non-hydrogen) atoms. The smallest absolute Gasteiger partial charge is 0.300 e. The minimum Gasteiger partial charge on any atom is -0.300 e. The maximum atomic E-state index is 13.0. The van der Waals surface area contributed by atoms with Gasteiger partial charge in [-0.15, -0.1) is 0 Å². The summed E-state index contributed by atoms with van der Waals surface area (Å²) in [5, 5.41) is 0.348. The molecule has 0 aliphatic heterocycles. The molecule has 0 fully saturated rings. The van der Waals surface area contributed by atoms with Crippen LogP contribution in [0.4, 0.5) is 13.2 Å². The van der Waals surface area contributed by atoms with Gasteiger partial charge in [0.05, 0.1) is 11.3 Å². The first-order valence-electron chi connectivity index (χ1n) is 8.04. The maximum Gasteiger partial charge on any atom is 0.416 e. The molecule has 0 atom stereocenters. The van der Waals surface area contributed by atoms with E-state index in [1.165, 1.54) is 19.1 Å². The predicted molar refractivity (Wildman–Crippen MR) is 98.0 cm³/mol. The molecular formula is C20H15ClF3N3. The molecule has 3 nitrogen and oxygen atoms in total. The summed E-state index contributed by atoms with van der Waals surface area (Å²) in [5.74, 6) is 6.61. The lowest BCUT2D eigenvalue weighted by molar-refractivity contribution is -0.138. The Bertz CT molecular complexity index is 1070. The number of pyridine rings is 1. The van der Waals surface area contributed by atoms with Crippen molar-refractivity contribution >= 4 is 11.6 Å². The zero-order valence-corrected chi connectivity index (χ0v) is 15.6. The Hall–Kier alpha value is -2.78. The highest BCUT2D eigenvalue weighted by molar-refractivity contribution is 6.29. The van der Waals surface area contributed by atoms with Gasteiger partial charge in [0, 0.05) is 17.4 Å². The highest BCUT2D eigenvalue weighted by atomic mass is 35.5. The van der Waals surface area contributed by atoms with Crippen LogP contribution in [-0.4, -0.2) is 14.5 Å². The van der Waals surface area contributed by atoms with Gasteiger partial charge >= 0.3 is 6.18 Å². The highest BCUT2D eigenvalue weighted by Crippen LogP contribution is 2.33. The van der Waals surface area contributed by atoms with Gasteiger partial charge in [-0.25, -0.2) is 9.97 Å². The van der Waals surface area contributed by atoms with E-state index in [1.54, 1.807) is 29.8 Å². The molecule has 0 saturated carbocycles. The van der Waals surface area contributed by atoms with E-state index in [1.807, 2.05) is 6.92 Å². The Morgan fingerprint density at radius 2 is 1.78 bits per heavy atom. The molecule has 3 rings (SSSR count). The molecule has 7 heteroatoms. The van der Waals surface area contributed by atoms with Crippen LogP contribution in [0, 0.1) is 32.6 Å². The molecule has 2 aromatic heterocycles. The summed E-state index contributed by atoms with van der Waals surface area (Å²) >= 11 is 5.85. The van der Waals surface area contributed by atoms with Gasteiger partial charge in [-0.05, 0) is 62.6 Å². The quantitative estimate of drug-likeness (QED) is 0.419. The van der Waals surface area contributed by atoms with Crippen LogP contribution in [0.1, 0.15) is 33.9 Å². The zero-order chi connectivity index (χ0) is 19.8. The molecule has 3 aromatic rings. The second-order valence-electron chi connectivity index (χ2n) is 6.04. The van der Waals surface area contributed by atoms with Crippen molar-refractivity contribution in [2.24, 2.45) is 0 Å². The van der Waals surface area contributed by atoms with E-state index in [2.05, 4.69) is 21.8 Å². The van der Waals surface area contributed by atoms with Crippen molar-refractivity contribution in [1.29, 1.82) is 0 Å². The summed E-state index contributed by atoms with van der Waals surface area (Å²) in [6.45, 7) is 5.06. The summed E-state index contributed by atoms with van der Waals surface area (Å²) in [6, 6.07) is 7.42. The van der Waals surface area contributed by atoms with E-state index in [4.69, 9.17) is 11.6 Å². The van der Waals surface area contributed by atoms with Crippen molar-refractivity contribution in [2.75, 3.05) is 0 Å². The van der Waals surface area contributed by atoms with Gasteiger partial charge in [0.15, 0.2) is 0 Å². The van der Waals surface area contributed by atoms with Gasteiger partial charge in [-0.2, -0.15) is 13.2 Å². The van der Waals surface area contributed by atoms with E-state index in [0.29, 0.717) is 27.9 Å². The maximum absolute atomic E-state index is 13.0. The average molecular weight is 390 g/mol. The minimum absolute atomic E-state index is 0.159. The lowest BCUT2D eigenvalue weighted by Crippen LogP contribution is -2.08. The molecule has 0 aliphatic carbocycles. The molecular weight excluding hydrogens is 375 g/mol. The largest absolute Gasteiger partial charge is 0.416 e. The number of aryl methyl sites for hydroxylation is 2. The van der Waals surface area contributed by atoms with E-state index in [-0.39, 0.29) is 5.56 Å². The summed E-state index contributed by atoms with van der Waals surface area (Å²) in [7, 11) is 0. The number of halogens is 4. The molecule has 0 N–H and O–H groups in total. The number of nitrogens with zero attached hydrogens (tertiary/aromatic N) is 3. The topological polar surface area (TPSA) is 30.7 Å². The van der Waals surface area contributed by atoms with Crippen LogP contribution >= 0.6 is 11.6 Å². The monoisotopic (exact) mass is 389 g/mol. The minimum atomic E-state index is -4.37. The van der Waals surface area contributed by atoms with Crippen molar-refractivity contribution < 1.29 is 13.2 Å². The van der Waals surface area contributed by atoms with E-state index < -0.39 is 11.7 Å².